The van der Waals surface area contributed by atoms with Crippen LogP contribution >= 0.6 is 0 Å². The van der Waals surface area contributed by atoms with Crippen LogP contribution in [0.1, 0.15) is 21.7 Å². The van der Waals surface area contributed by atoms with Gasteiger partial charge in [0.25, 0.3) is 15.9 Å². The fraction of sp³-hybridized carbons (Fsp3) is 0.125. The summed E-state index contributed by atoms with van der Waals surface area (Å²) in [4.78, 5) is 12.2. The molecule has 0 fully saturated rings. The van der Waals surface area contributed by atoms with Crippen molar-refractivity contribution in [3.63, 3.8) is 0 Å². The third-order valence-corrected chi connectivity index (χ3v) is 5.09. The molecule has 0 saturated heterocycles. The molecule has 0 saturated carbocycles. The summed E-state index contributed by atoms with van der Waals surface area (Å²) in [5.74, 6) is 0.110. The maximum Gasteiger partial charge on any atom is 0.267 e. The first-order valence-electron chi connectivity index (χ1n) is 7.15. The Balaban J connectivity index is 1.77. The van der Waals surface area contributed by atoms with Crippen LogP contribution in [-0.2, 0) is 16.6 Å². The molecule has 1 N–H and O–H groups in total. The SMILES string of the molecule is Cc1ccc(S(=O)(=O)n2ccc(C(=O)NCc3ccno3)c2)cc1. The van der Waals surface area contributed by atoms with E-state index in [-0.39, 0.29) is 17.0 Å². The molecule has 0 atom stereocenters. The van der Waals surface area contributed by atoms with Crippen molar-refractivity contribution in [1.82, 2.24) is 14.4 Å². The van der Waals surface area contributed by atoms with Crippen molar-refractivity contribution in [2.75, 3.05) is 0 Å². The summed E-state index contributed by atoms with van der Waals surface area (Å²) in [5, 5.41) is 6.17. The number of benzene rings is 1. The molecule has 1 aromatic carbocycles. The van der Waals surface area contributed by atoms with Crippen LogP contribution < -0.4 is 5.32 Å². The fourth-order valence-corrected chi connectivity index (χ4v) is 3.29. The molecule has 7 nitrogen and oxygen atoms in total. The Kier molecular flexibility index (Phi) is 4.22. The molecule has 124 valence electrons. The first-order chi connectivity index (χ1) is 11.5. The highest BCUT2D eigenvalue weighted by atomic mass is 32.2. The summed E-state index contributed by atoms with van der Waals surface area (Å²) < 4.78 is 31.0. The minimum Gasteiger partial charge on any atom is -0.360 e. The molecule has 0 aliphatic heterocycles. The van der Waals surface area contributed by atoms with Crippen molar-refractivity contribution in [3.8, 4) is 0 Å². The molecule has 8 heteroatoms. The molecule has 2 heterocycles. The number of nitrogens with one attached hydrogen (secondary N) is 1. The lowest BCUT2D eigenvalue weighted by Gasteiger charge is -2.06. The molecule has 1 amide bonds. The molecule has 0 aliphatic rings. The molecule has 2 aromatic heterocycles. The van der Waals surface area contributed by atoms with E-state index in [4.69, 9.17) is 4.52 Å². The fourth-order valence-electron chi connectivity index (χ4n) is 2.10. The maximum atomic E-state index is 12.5. The summed E-state index contributed by atoms with van der Waals surface area (Å²) in [5.41, 5.74) is 1.21. The Morgan fingerprint density at radius 1 is 1.21 bits per heavy atom. The van der Waals surface area contributed by atoms with Gasteiger partial charge in [0.1, 0.15) is 0 Å². The van der Waals surface area contributed by atoms with Crippen LogP contribution in [0.15, 0.2) is 64.4 Å². The number of nitrogens with zero attached hydrogens (tertiary/aromatic N) is 2. The molecular weight excluding hydrogens is 330 g/mol. The van der Waals surface area contributed by atoms with E-state index in [9.17, 15) is 13.2 Å². The number of amides is 1. The van der Waals surface area contributed by atoms with Crippen LogP contribution in [0.25, 0.3) is 0 Å². The summed E-state index contributed by atoms with van der Waals surface area (Å²) in [6.07, 6.45) is 4.11. The highest BCUT2D eigenvalue weighted by Gasteiger charge is 2.18. The summed E-state index contributed by atoms with van der Waals surface area (Å²) in [6.45, 7) is 2.05. The summed E-state index contributed by atoms with van der Waals surface area (Å²) in [7, 11) is -3.72. The van der Waals surface area contributed by atoms with Crippen molar-refractivity contribution in [3.05, 3.63) is 71.9 Å². The van der Waals surface area contributed by atoms with E-state index in [1.165, 1.54) is 36.8 Å². The van der Waals surface area contributed by atoms with E-state index in [1.807, 2.05) is 6.92 Å². The highest BCUT2D eigenvalue weighted by molar-refractivity contribution is 7.90. The van der Waals surface area contributed by atoms with Crippen LogP contribution in [0.4, 0.5) is 0 Å². The average molecular weight is 345 g/mol. The third-order valence-electron chi connectivity index (χ3n) is 3.44. The Morgan fingerprint density at radius 3 is 2.62 bits per heavy atom. The Labute approximate surface area is 138 Å². The van der Waals surface area contributed by atoms with Gasteiger partial charge < -0.3 is 9.84 Å². The standard InChI is InChI=1S/C16H15N3O4S/c1-12-2-4-15(5-3-12)24(21,22)19-9-7-13(11-19)16(20)17-10-14-6-8-18-23-14/h2-9,11H,10H2,1H3,(H,17,20). The van der Waals surface area contributed by atoms with E-state index >= 15 is 0 Å². The molecular formula is C16H15N3O4S. The Hall–Kier alpha value is -2.87. The van der Waals surface area contributed by atoms with Crippen molar-refractivity contribution in [2.45, 2.75) is 18.4 Å². The van der Waals surface area contributed by atoms with E-state index < -0.39 is 15.9 Å². The Morgan fingerprint density at radius 2 is 1.96 bits per heavy atom. The first-order valence-corrected chi connectivity index (χ1v) is 8.59. The number of rotatable bonds is 5. The van der Waals surface area contributed by atoms with E-state index in [0.29, 0.717) is 5.76 Å². The normalized spacial score (nSPS) is 11.4. The molecule has 0 bridgehead atoms. The molecule has 24 heavy (non-hydrogen) atoms. The maximum absolute atomic E-state index is 12.5. The second-order valence-electron chi connectivity index (χ2n) is 5.21. The van der Waals surface area contributed by atoms with Crippen LogP contribution in [-0.4, -0.2) is 23.5 Å². The van der Waals surface area contributed by atoms with Crippen molar-refractivity contribution < 1.29 is 17.7 Å². The first kappa shape index (κ1) is 16.0. The van der Waals surface area contributed by atoms with Gasteiger partial charge in [-0.2, -0.15) is 0 Å². The monoisotopic (exact) mass is 345 g/mol. The van der Waals surface area contributed by atoms with Gasteiger partial charge in [-0.25, -0.2) is 12.4 Å². The number of hydrogen-bond acceptors (Lipinski definition) is 5. The molecule has 0 unspecified atom stereocenters. The Bertz CT molecular complexity index is 942. The van der Waals surface area contributed by atoms with Crippen LogP contribution in [0.2, 0.25) is 0 Å². The van der Waals surface area contributed by atoms with E-state index in [2.05, 4.69) is 10.5 Å². The van der Waals surface area contributed by atoms with Gasteiger partial charge >= 0.3 is 0 Å². The van der Waals surface area contributed by atoms with Gasteiger partial charge in [-0.1, -0.05) is 22.9 Å². The van der Waals surface area contributed by atoms with Gasteiger partial charge in [0.2, 0.25) is 0 Å². The zero-order chi connectivity index (χ0) is 17.2. The van der Waals surface area contributed by atoms with Crippen LogP contribution in [0.3, 0.4) is 0 Å². The summed E-state index contributed by atoms with van der Waals surface area (Å²) >= 11 is 0. The lowest BCUT2D eigenvalue weighted by atomic mass is 10.2. The van der Waals surface area contributed by atoms with Gasteiger partial charge in [0.05, 0.1) is 23.2 Å². The molecule has 0 spiro atoms. The van der Waals surface area contributed by atoms with Gasteiger partial charge in [-0.05, 0) is 25.1 Å². The topological polar surface area (TPSA) is 94.2 Å². The molecule has 3 aromatic rings. The molecule has 3 rings (SSSR count). The number of carbonyl (C=O) groups excluding carboxylic acids is 1. The predicted molar refractivity (Wildman–Crippen MR) is 85.9 cm³/mol. The highest BCUT2D eigenvalue weighted by Crippen LogP contribution is 2.16. The number of aromatic nitrogens is 2. The minimum atomic E-state index is -3.72. The smallest absolute Gasteiger partial charge is 0.267 e. The van der Waals surface area contributed by atoms with E-state index in [1.54, 1.807) is 18.2 Å². The zero-order valence-corrected chi connectivity index (χ0v) is 13.7. The largest absolute Gasteiger partial charge is 0.360 e. The average Bonchev–Trinajstić information content (AvgIpc) is 3.25. The second kappa shape index (κ2) is 6.32. The summed E-state index contributed by atoms with van der Waals surface area (Å²) in [6, 6.07) is 9.60. The molecule has 0 radical (unpaired) electrons. The van der Waals surface area contributed by atoms with Crippen molar-refractivity contribution in [1.29, 1.82) is 0 Å². The zero-order valence-electron chi connectivity index (χ0n) is 12.8. The van der Waals surface area contributed by atoms with Crippen LogP contribution in [0.5, 0.6) is 0 Å². The van der Waals surface area contributed by atoms with Gasteiger partial charge in [0.15, 0.2) is 5.76 Å². The molecule has 0 aliphatic carbocycles. The van der Waals surface area contributed by atoms with Crippen molar-refractivity contribution in [2.24, 2.45) is 0 Å². The number of carbonyl (C=O) groups is 1. The third kappa shape index (κ3) is 3.23. The lowest BCUT2D eigenvalue weighted by molar-refractivity contribution is 0.0947. The minimum absolute atomic E-state index is 0.164. The van der Waals surface area contributed by atoms with Gasteiger partial charge in [-0.15, -0.1) is 0 Å². The van der Waals surface area contributed by atoms with Gasteiger partial charge in [-0.3, -0.25) is 4.79 Å². The number of hydrogen-bond donors (Lipinski definition) is 1. The quantitative estimate of drug-likeness (QED) is 0.763. The predicted octanol–water partition coefficient (Wildman–Crippen LogP) is 1.95. The van der Waals surface area contributed by atoms with E-state index in [0.717, 1.165) is 9.54 Å². The van der Waals surface area contributed by atoms with Gasteiger partial charge in [0, 0.05) is 18.5 Å². The number of aryl methyl sites for hydroxylation is 1. The second-order valence-corrected chi connectivity index (χ2v) is 7.05. The van der Waals surface area contributed by atoms with Crippen molar-refractivity contribution >= 4 is 15.9 Å². The lowest BCUT2D eigenvalue weighted by Crippen LogP contribution is -2.22. The van der Waals surface area contributed by atoms with Crippen LogP contribution in [0, 0.1) is 6.92 Å².